The molecule has 0 radical (unpaired) electrons. The molecule has 2 rings (SSSR count). The second kappa shape index (κ2) is 8.39. The van der Waals surface area contributed by atoms with Gasteiger partial charge in [0.1, 0.15) is 5.75 Å². The Morgan fingerprint density at radius 3 is 2.59 bits per heavy atom. The molecule has 3 nitrogen and oxygen atoms in total. The van der Waals surface area contributed by atoms with Gasteiger partial charge >= 0.3 is 0 Å². The third kappa shape index (κ3) is 4.62. The first-order valence-corrected chi connectivity index (χ1v) is 7.91. The maximum atomic E-state index is 10.1. The lowest BCUT2D eigenvalue weighted by molar-refractivity contribution is 0.174. The van der Waals surface area contributed by atoms with Crippen molar-refractivity contribution in [1.82, 2.24) is 5.32 Å². The number of halogens is 2. The molecule has 5 heteroatoms. The molecule has 1 atom stereocenters. The highest BCUT2D eigenvalue weighted by atomic mass is 35.5. The molecule has 0 heterocycles. The van der Waals surface area contributed by atoms with E-state index in [0.717, 1.165) is 11.1 Å². The van der Waals surface area contributed by atoms with E-state index in [1.54, 1.807) is 6.07 Å². The molecule has 0 spiro atoms. The van der Waals surface area contributed by atoms with E-state index in [2.05, 4.69) is 5.32 Å². The number of benzene rings is 2. The van der Waals surface area contributed by atoms with Gasteiger partial charge in [0.2, 0.25) is 0 Å². The summed E-state index contributed by atoms with van der Waals surface area (Å²) >= 11 is 12.2. The van der Waals surface area contributed by atoms with Crippen LogP contribution in [0, 0.1) is 0 Å². The molecule has 2 aromatic rings. The third-order valence-corrected chi connectivity index (χ3v) is 3.71. The second-order valence-electron chi connectivity index (χ2n) is 4.87. The molecule has 0 fully saturated rings. The SMILES string of the molecule is CCOc1c(Cl)cc(Cl)cc1CNC[C@@H](O)c1ccccc1. The zero-order chi connectivity index (χ0) is 15.9. The number of nitrogens with one attached hydrogen (secondary N) is 1. The van der Waals surface area contributed by atoms with E-state index in [4.69, 9.17) is 27.9 Å². The van der Waals surface area contributed by atoms with Crippen molar-refractivity contribution in [3.8, 4) is 5.75 Å². The van der Waals surface area contributed by atoms with Crippen LogP contribution in [0.3, 0.4) is 0 Å². The fourth-order valence-electron chi connectivity index (χ4n) is 2.19. The molecule has 0 aromatic heterocycles. The van der Waals surface area contributed by atoms with Gasteiger partial charge in [0, 0.05) is 23.7 Å². The van der Waals surface area contributed by atoms with Crippen LogP contribution in [0.25, 0.3) is 0 Å². The van der Waals surface area contributed by atoms with Gasteiger partial charge in [0.25, 0.3) is 0 Å². The van der Waals surface area contributed by atoms with Crippen LogP contribution in [-0.4, -0.2) is 18.3 Å². The van der Waals surface area contributed by atoms with Gasteiger partial charge in [-0.25, -0.2) is 0 Å². The maximum Gasteiger partial charge on any atom is 0.142 e. The lowest BCUT2D eigenvalue weighted by Gasteiger charge is -2.15. The highest BCUT2D eigenvalue weighted by molar-refractivity contribution is 6.35. The number of ether oxygens (including phenoxy) is 1. The molecule has 2 N–H and O–H groups in total. The van der Waals surface area contributed by atoms with Gasteiger partial charge < -0.3 is 15.2 Å². The molecule has 0 aliphatic carbocycles. The van der Waals surface area contributed by atoms with E-state index < -0.39 is 6.10 Å². The van der Waals surface area contributed by atoms with Gasteiger partial charge in [-0.1, -0.05) is 53.5 Å². The molecule has 0 aliphatic rings. The first-order valence-electron chi connectivity index (χ1n) is 7.16. The van der Waals surface area contributed by atoms with Crippen molar-refractivity contribution < 1.29 is 9.84 Å². The van der Waals surface area contributed by atoms with Crippen LogP contribution in [0.1, 0.15) is 24.2 Å². The molecule has 0 saturated heterocycles. The van der Waals surface area contributed by atoms with Crippen molar-refractivity contribution in [2.45, 2.75) is 19.6 Å². The summed E-state index contributed by atoms with van der Waals surface area (Å²) in [5, 5.41) is 14.4. The van der Waals surface area contributed by atoms with Gasteiger partial charge in [-0.3, -0.25) is 0 Å². The number of aliphatic hydroxyl groups is 1. The quantitative estimate of drug-likeness (QED) is 0.793. The topological polar surface area (TPSA) is 41.5 Å². The number of hydrogen-bond acceptors (Lipinski definition) is 3. The van der Waals surface area contributed by atoms with Gasteiger partial charge in [0.05, 0.1) is 17.7 Å². The van der Waals surface area contributed by atoms with Gasteiger partial charge in [-0.05, 0) is 24.6 Å². The molecule has 0 bridgehead atoms. The average Bonchev–Trinajstić information content (AvgIpc) is 2.51. The minimum Gasteiger partial charge on any atom is -0.492 e. The Kier molecular flexibility index (Phi) is 6.52. The Labute approximate surface area is 140 Å². The predicted octanol–water partition coefficient (Wildman–Crippen LogP) is 4.22. The van der Waals surface area contributed by atoms with Crippen molar-refractivity contribution in [2.24, 2.45) is 0 Å². The largest absolute Gasteiger partial charge is 0.492 e. The van der Waals surface area contributed by atoms with Gasteiger partial charge in [-0.15, -0.1) is 0 Å². The van der Waals surface area contributed by atoms with Crippen LogP contribution >= 0.6 is 23.2 Å². The van der Waals surface area contributed by atoms with E-state index in [9.17, 15) is 5.11 Å². The molecule has 22 heavy (non-hydrogen) atoms. The maximum absolute atomic E-state index is 10.1. The summed E-state index contributed by atoms with van der Waals surface area (Å²) in [4.78, 5) is 0. The smallest absolute Gasteiger partial charge is 0.142 e. The summed E-state index contributed by atoms with van der Waals surface area (Å²) in [5.41, 5.74) is 1.75. The standard InChI is InChI=1S/C17H19Cl2NO2/c1-2-22-17-13(8-14(18)9-15(17)19)10-20-11-16(21)12-6-4-3-5-7-12/h3-9,16,20-21H,2,10-11H2,1H3/t16-/m1/s1. The first kappa shape index (κ1) is 17.1. The van der Waals surface area contributed by atoms with E-state index in [1.165, 1.54) is 0 Å². The van der Waals surface area contributed by atoms with Crippen molar-refractivity contribution in [3.05, 3.63) is 63.6 Å². The molecule has 0 amide bonds. The molecular formula is C17H19Cl2NO2. The highest BCUT2D eigenvalue weighted by Crippen LogP contribution is 2.32. The summed E-state index contributed by atoms with van der Waals surface area (Å²) in [6.07, 6.45) is -0.564. The first-order chi connectivity index (χ1) is 10.6. The van der Waals surface area contributed by atoms with Crippen LogP contribution in [0.15, 0.2) is 42.5 Å². The summed E-state index contributed by atoms with van der Waals surface area (Å²) in [6, 6.07) is 13.0. The molecule has 118 valence electrons. The van der Waals surface area contributed by atoms with Crippen LogP contribution in [0.5, 0.6) is 5.75 Å². The zero-order valence-corrected chi connectivity index (χ0v) is 13.9. The van der Waals surface area contributed by atoms with Gasteiger partial charge in [0.15, 0.2) is 0 Å². The Morgan fingerprint density at radius 1 is 1.18 bits per heavy atom. The van der Waals surface area contributed by atoms with E-state index in [0.29, 0.717) is 35.5 Å². The average molecular weight is 340 g/mol. The van der Waals surface area contributed by atoms with E-state index in [1.807, 2.05) is 43.3 Å². The lowest BCUT2D eigenvalue weighted by atomic mass is 10.1. The van der Waals surface area contributed by atoms with E-state index >= 15 is 0 Å². The highest BCUT2D eigenvalue weighted by Gasteiger charge is 2.12. The Bertz CT molecular complexity index is 605. The molecule has 0 aliphatic heterocycles. The Morgan fingerprint density at radius 2 is 1.91 bits per heavy atom. The minimum atomic E-state index is -0.564. The van der Waals surface area contributed by atoms with E-state index in [-0.39, 0.29) is 0 Å². The van der Waals surface area contributed by atoms with Crippen LogP contribution in [0.4, 0.5) is 0 Å². The van der Waals surface area contributed by atoms with Crippen LogP contribution < -0.4 is 10.1 Å². The van der Waals surface area contributed by atoms with Crippen molar-refractivity contribution in [1.29, 1.82) is 0 Å². The summed E-state index contributed by atoms with van der Waals surface area (Å²) in [5.74, 6) is 0.635. The Hall–Kier alpha value is -1.26. The number of aliphatic hydroxyl groups excluding tert-OH is 1. The fraction of sp³-hybridized carbons (Fsp3) is 0.294. The fourth-order valence-corrected chi connectivity index (χ4v) is 2.78. The van der Waals surface area contributed by atoms with Crippen LogP contribution in [0.2, 0.25) is 10.0 Å². The third-order valence-electron chi connectivity index (χ3n) is 3.21. The predicted molar refractivity (Wildman–Crippen MR) is 90.7 cm³/mol. The molecular weight excluding hydrogens is 321 g/mol. The summed E-state index contributed by atoms with van der Waals surface area (Å²) in [7, 11) is 0. The number of hydrogen-bond donors (Lipinski definition) is 2. The van der Waals surface area contributed by atoms with Crippen molar-refractivity contribution >= 4 is 23.2 Å². The van der Waals surface area contributed by atoms with Crippen molar-refractivity contribution in [3.63, 3.8) is 0 Å². The van der Waals surface area contributed by atoms with Crippen LogP contribution in [-0.2, 0) is 6.54 Å². The Balaban J connectivity index is 1.99. The summed E-state index contributed by atoms with van der Waals surface area (Å²) in [6.45, 7) is 3.38. The van der Waals surface area contributed by atoms with Crippen molar-refractivity contribution in [2.75, 3.05) is 13.2 Å². The second-order valence-corrected chi connectivity index (χ2v) is 5.71. The summed E-state index contributed by atoms with van der Waals surface area (Å²) < 4.78 is 5.57. The molecule has 0 saturated carbocycles. The minimum absolute atomic E-state index is 0.430. The van der Waals surface area contributed by atoms with Gasteiger partial charge in [-0.2, -0.15) is 0 Å². The number of rotatable bonds is 7. The zero-order valence-electron chi connectivity index (χ0n) is 12.4. The monoisotopic (exact) mass is 339 g/mol. The normalized spacial score (nSPS) is 12.2. The molecule has 2 aromatic carbocycles. The lowest BCUT2D eigenvalue weighted by Crippen LogP contribution is -2.21. The molecule has 0 unspecified atom stereocenters.